The van der Waals surface area contributed by atoms with Gasteiger partial charge in [0.2, 0.25) is 0 Å². The van der Waals surface area contributed by atoms with Gasteiger partial charge in [0.05, 0.1) is 0 Å². The highest BCUT2D eigenvalue weighted by Gasteiger charge is 2.20. The maximum absolute atomic E-state index is 9.13. The van der Waals surface area contributed by atoms with Crippen molar-refractivity contribution in [2.45, 2.75) is 37.8 Å². The van der Waals surface area contributed by atoms with Gasteiger partial charge in [0.15, 0.2) is 0 Å². The van der Waals surface area contributed by atoms with E-state index in [1.165, 1.54) is 0 Å². The lowest BCUT2D eigenvalue weighted by molar-refractivity contribution is 0.144. The second kappa shape index (κ2) is 4.53. The first kappa shape index (κ1) is 10.3. The van der Waals surface area contributed by atoms with Crippen molar-refractivity contribution in [3.8, 4) is 11.5 Å². The molecule has 0 amide bonds. The van der Waals surface area contributed by atoms with Crippen LogP contribution in [0, 0.1) is 0 Å². The van der Waals surface area contributed by atoms with Crippen molar-refractivity contribution in [1.82, 2.24) is 0 Å². The minimum absolute atomic E-state index is 0.235. The number of rotatable bonds is 2. The molecule has 0 aliphatic heterocycles. The maximum atomic E-state index is 9.13. The molecule has 1 aromatic rings. The molecule has 0 heterocycles. The van der Waals surface area contributed by atoms with Gasteiger partial charge < -0.3 is 15.6 Å². The van der Waals surface area contributed by atoms with Gasteiger partial charge in [0.25, 0.3) is 0 Å². The summed E-state index contributed by atoms with van der Waals surface area (Å²) in [5.41, 5.74) is 5.88. The lowest BCUT2D eigenvalue weighted by Crippen LogP contribution is -2.33. The number of hydrogen-bond acceptors (Lipinski definition) is 3. The third-order valence-corrected chi connectivity index (χ3v) is 2.81. The van der Waals surface area contributed by atoms with Gasteiger partial charge in [-0.25, -0.2) is 0 Å². The van der Waals surface area contributed by atoms with E-state index in [4.69, 9.17) is 15.6 Å². The van der Waals surface area contributed by atoms with Crippen LogP contribution in [0.5, 0.6) is 11.5 Å². The average molecular weight is 207 g/mol. The highest BCUT2D eigenvalue weighted by Crippen LogP contribution is 2.24. The Labute approximate surface area is 89.9 Å². The van der Waals surface area contributed by atoms with Crippen molar-refractivity contribution in [2.75, 3.05) is 0 Å². The minimum atomic E-state index is 0.235. The predicted octanol–water partition coefficient (Wildman–Crippen LogP) is 2.04. The van der Waals surface area contributed by atoms with Gasteiger partial charge in [-0.2, -0.15) is 0 Å². The topological polar surface area (TPSA) is 55.5 Å². The van der Waals surface area contributed by atoms with Crippen LogP contribution in [0.15, 0.2) is 24.3 Å². The molecule has 2 rings (SSSR count). The summed E-state index contributed by atoms with van der Waals surface area (Å²) in [5, 5.41) is 9.13. The predicted molar refractivity (Wildman–Crippen MR) is 59.0 cm³/mol. The summed E-state index contributed by atoms with van der Waals surface area (Å²) in [6.07, 6.45) is 4.49. The first-order valence-corrected chi connectivity index (χ1v) is 5.45. The van der Waals surface area contributed by atoms with Crippen molar-refractivity contribution < 1.29 is 9.84 Å². The van der Waals surface area contributed by atoms with Crippen molar-refractivity contribution in [3.05, 3.63) is 24.3 Å². The van der Waals surface area contributed by atoms with Crippen LogP contribution < -0.4 is 10.5 Å². The van der Waals surface area contributed by atoms with E-state index in [1.54, 1.807) is 24.3 Å². The molecule has 1 saturated carbocycles. The molecule has 3 nitrogen and oxygen atoms in total. The van der Waals surface area contributed by atoms with Gasteiger partial charge in [-0.15, -0.1) is 0 Å². The highest BCUT2D eigenvalue weighted by molar-refractivity contribution is 5.30. The zero-order valence-corrected chi connectivity index (χ0v) is 8.73. The van der Waals surface area contributed by atoms with E-state index in [2.05, 4.69) is 0 Å². The minimum Gasteiger partial charge on any atom is -0.508 e. The number of phenolic OH excluding ortho intramolecular Hbond substituents is 1. The fraction of sp³-hybridized carbons (Fsp3) is 0.500. The molecule has 3 N–H and O–H groups in total. The van der Waals surface area contributed by atoms with Gasteiger partial charge in [-0.1, -0.05) is 0 Å². The second-order valence-electron chi connectivity index (χ2n) is 4.16. The van der Waals surface area contributed by atoms with E-state index in [9.17, 15) is 0 Å². The third kappa shape index (κ3) is 2.86. The second-order valence-corrected chi connectivity index (χ2v) is 4.16. The SMILES string of the molecule is NC1CCCC(Oc2ccc(O)cc2)C1. The molecular weight excluding hydrogens is 190 g/mol. The van der Waals surface area contributed by atoms with Crippen LogP contribution in [0.4, 0.5) is 0 Å². The first-order valence-electron chi connectivity index (χ1n) is 5.45. The Morgan fingerprint density at radius 2 is 1.93 bits per heavy atom. The number of hydrogen-bond donors (Lipinski definition) is 2. The molecule has 0 radical (unpaired) electrons. The number of ether oxygens (including phenoxy) is 1. The van der Waals surface area contributed by atoms with Gasteiger partial charge in [0.1, 0.15) is 17.6 Å². The summed E-state index contributed by atoms with van der Waals surface area (Å²) >= 11 is 0. The quantitative estimate of drug-likeness (QED) is 0.780. The molecule has 1 aliphatic rings. The summed E-state index contributed by atoms with van der Waals surface area (Å²) in [5.74, 6) is 1.08. The summed E-state index contributed by atoms with van der Waals surface area (Å²) in [7, 11) is 0. The molecule has 2 unspecified atom stereocenters. The van der Waals surface area contributed by atoms with Crippen molar-refractivity contribution in [3.63, 3.8) is 0 Å². The summed E-state index contributed by atoms with van der Waals surface area (Å²) in [4.78, 5) is 0. The van der Waals surface area contributed by atoms with Gasteiger partial charge in [0, 0.05) is 6.04 Å². The number of benzene rings is 1. The number of phenols is 1. The Kier molecular flexibility index (Phi) is 3.11. The Balaban J connectivity index is 1.93. The average Bonchev–Trinajstić information content (AvgIpc) is 2.22. The summed E-state index contributed by atoms with van der Waals surface area (Å²) in [6.45, 7) is 0. The Hall–Kier alpha value is -1.22. The molecule has 0 aromatic heterocycles. The fourth-order valence-electron chi connectivity index (χ4n) is 2.01. The van der Waals surface area contributed by atoms with Crippen molar-refractivity contribution >= 4 is 0 Å². The van der Waals surface area contributed by atoms with Gasteiger partial charge in [-0.05, 0) is 49.9 Å². The lowest BCUT2D eigenvalue weighted by atomic mass is 9.93. The zero-order chi connectivity index (χ0) is 10.7. The number of aromatic hydroxyl groups is 1. The van der Waals surface area contributed by atoms with Crippen LogP contribution >= 0.6 is 0 Å². The first-order chi connectivity index (χ1) is 7.24. The van der Waals surface area contributed by atoms with Crippen molar-refractivity contribution in [2.24, 2.45) is 5.73 Å². The molecule has 1 fully saturated rings. The number of nitrogens with two attached hydrogens (primary N) is 1. The Morgan fingerprint density at radius 1 is 1.20 bits per heavy atom. The van der Waals surface area contributed by atoms with E-state index < -0.39 is 0 Å². The van der Waals surface area contributed by atoms with Crippen LogP contribution in [-0.2, 0) is 0 Å². The Bertz CT molecular complexity index is 310. The van der Waals surface area contributed by atoms with E-state index in [1.807, 2.05) is 0 Å². The maximum Gasteiger partial charge on any atom is 0.119 e. The summed E-state index contributed by atoms with van der Waals surface area (Å²) in [6, 6.07) is 7.13. The molecule has 1 aliphatic carbocycles. The largest absolute Gasteiger partial charge is 0.508 e. The smallest absolute Gasteiger partial charge is 0.119 e. The highest BCUT2D eigenvalue weighted by atomic mass is 16.5. The molecule has 0 bridgehead atoms. The molecule has 2 atom stereocenters. The monoisotopic (exact) mass is 207 g/mol. The summed E-state index contributed by atoms with van der Waals surface area (Å²) < 4.78 is 5.79. The molecule has 0 spiro atoms. The third-order valence-electron chi connectivity index (χ3n) is 2.81. The van der Waals surface area contributed by atoms with E-state index >= 15 is 0 Å². The van der Waals surface area contributed by atoms with Crippen LogP contribution in [0.1, 0.15) is 25.7 Å². The van der Waals surface area contributed by atoms with Crippen molar-refractivity contribution in [1.29, 1.82) is 0 Å². The molecular formula is C12H17NO2. The van der Waals surface area contributed by atoms with Gasteiger partial charge >= 0.3 is 0 Å². The molecule has 1 aromatic carbocycles. The molecule has 3 heteroatoms. The van der Waals surface area contributed by atoms with E-state index in [0.29, 0.717) is 0 Å². The lowest BCUT2D eigenvalue weighted by Gasteiger charge is -2.27. The van der Waals surface area contributed by atoms with Crippen LogP contribution in [0.2, 0.25) is 0 Å². The van der Waals surface area contributed by atoms with Crippen LogP contribution in [0.3, 0.4) is 0 Å². The van der Waals surface area contributed by atoms with E-state index in [-0.39, 0.29) is 17.9 Å². The van der Waals surface area contributed by atoms with E-state index in [0.717, 1.165) is 31.4 Å². The normalized spacial score (nSPS) is 26.2. The fourth-order valence-corrected chi connectivity index (χ4v) is 2.01. The zero-order valence-electron chi connectivity index (χ0n) is 8.73. The molecule has 0 saturated heterocycles. The van der Waals surface area contributed by atoms with Crippen LogP contribution in [-0.4, -0.2) is 17.3 Å². The molecule has 15 heavy (non-hydrogen) atoms. The van der Waals surface area contributed by atoms with Gasteiger partial charge in [-0.3, -0.25) is 0 Å². The Morgan fingerprint density at radius 3 is 2.60 bits per heavy atom. The molecule has 82 valence electrons. The van der Waals surface area contributed by atoms with Crippen LogP contribution in [0.25, 0.3) is 0 Å². The standard InChI is InChI=1S/C12H17NO2/c13-9-2-1-3-12(8-9)15-11-6-4-10(14)5-7-11/h4-7,9,12,14H,1-3,8,13H2.